The van der Waals surface area contributed by atoms with Crippen LogP contribution in [0.2, 0.25) is 0 Å². The van der Waals surface area contributed by atoms with Gasteiger partial charge in [0.2, 0.25) is 5.91 Å². The molecule has 0 rings (SSSR count). The summed E-state index contributed by atoms with van der Waals surface area (Å²) in [6.45, 7) is 3.37. The van der Waals surface area contributed by atoms with Crippen molar-refractivity contribution in [2.45, 2.75) is 32.4 Å². The maximum Gasteiger partial charge on any atom is 0.308 e. The van der Waals surface area contributed by atoms with Crippen molar-refractivity contribution in [1.82, 2.24) is 5.48 Å². The first kappa shape index (κ1) is 11.9. The second-order valence-electron chi connectivity index (χ2n) is 2.83. The Balaban J connectivity index is 3.94. The van der Waals surface area contributed by atoms with Crippen LogP contribution < -0.4 is 11.2 Å². The summed E-state index contributed by atoms with van der Waals surface area (Å²) >= 11 is 0. The maximum atomic E-state index is 10.9. The Bertz CT molecular complexity index is 193. The highest BCUT2D eigenvalue weighted by Gasteiger charge is 2.19. The van der Waals surface area contributed by atoms with Crippen molar-refractivity contribution in [2.24, 2.45) is 5.73 Å². The van der Waals surface area contributed by atoms with E-state index in [2.05, 4.69) is 0 Å². The zero-order valence-electron chi connectivity index (χ0n) is 7.61. The standard InChI is InChI=1S/C7H14N2O4/c1-4(2)13-6(10)3-5(9-12)7(8)11/h4-5,9,12H,3H2,1-2H3,(H2,8,11). The predicted octanol–water partition coefficient (Wildman–Crippen LogP) is -0.839. The molecule has 4 N–H and O–H groups in total. The molecule has 0 aromatic rings. The van der Waals surface area contributed by atoms with Crippen LogP contribution in [0.1, 0.15) is 20.3 Å². The van der Waals surface area contributed by atoms with Crippen LogP contribution in [0.25, 0.3) is 0 Å². The van der Waals surface area contributed by atoms with E-state index in [-0.39, 0.29) is 12.5 Å². The van der Waals surface area contributed by atoms with Crippen LogP contribution in [-0.4, -0.2) is 29.2 Å². The Morgan fingerprint density at radius 1 is 1.54 bits per heavy atom. The molecular weight excluding hydrogens is 176 g/mol. The monoisotopic (exact) mass is 190 g/mol. The van der Waals surface area contributed by atoms with Crippen molar-refractivity contribution < 1.29 is 19.5 Å². The van der Waals surface area contributed by atoms with Gasteiger partial charge in [-0.1, -0.05) is 0 Å². The van der Waals surface area contributed by atoms with Gasteiger partial charge in [0.1, 0.15) is 6.04 Å². The first-order chi connectivity index (χ1) is 5.97. The van der Waals surface area contributed by atoms with Gasteiger partial charge in [-0.15, -0.1) is 0 Å². The van der Waals surface area contributed by atoms with E-state index in [0.717, 1.165) is 0 Å². The molecule has 0 radical (unpaired) electrons. The van der Waals surface area contributed by atoms with Crippen molar-refractivity contribution in [3.05, 3.63) is 0 Å². The number of carbonyl (C=O) groups excluding carboxylic acids is 2. The molecule has 1 unspecified atom stereocenters. The SMILES string of the molecule is CC(C)OC(=O)CC(NO)C(N)=O. The van der Waals surface area contributed by atoms with Crippen molar-refractivity contribution >= 4 is 11.9 Å². The molecule has 0 aliphatic carbocycles. The van der Waals surface area contributed by atoms with E-state index in [9.17, 15) is 9.59 Å². The Labute approximate surface area is 76.0 Å². The molecule has 0 fully saturated rings. The summed E-state index contributed by atoms with van der Waals surface area (Å²) in [6.07, 6.45) is -0.524. The van der Waals surface area contributed by atoms with Crippen LogP contribution in [0.5, 0.6) is 0 Å². The minimum absolute atomic E-state index is 0.250. The molecular formula is C7H14N2O4. The van der Waals surface area contributed by atoms with Crippen LogP contribution in [-0.2, 0) is 14.3 Å². The molecule has 0 aliphatic heterocycles. The van der Waals surface area contributed by atoms with Crippen LogP contribution in [0, 0.1) is 0 Å². The third-order valence-electron chi connectivity index (χ3n) is 1.24. The lowest BCUT2D eigenvalue weighted by Gasteiger charge is -2.12. The zero-order chi connectivity index (χ0) is 10.4. The van der Waals surface area contributed by atoms with Crippen LogP contribution >= 0.6 is 0 Å². The fourth-order valence-corrected chi connectivity index (χ4v) is 0.688. The van der Waals surface area contributed by atoms with Crippen molar-refractivity contribution in [1.29, 1.82) is 0 Å². The lowest BCUT2D eigenvalue weighted by molar-refractivity contribution is -0.150. The van der Waals surface area contributed by atoms with Gasteiger partial charge in [0.15, 0.2) is 0 Å². The quantitative estimate of drug-likeness (QED) is 0.387. The van der Waals surface area contributed by atoms with Gasteiger partial charge < -0.3 is 15.7 Å². The number of nitrogens with two attached hydrogens (primary N) is 1. The summed E-state index contributed by atoms with van der Waals surface area (Å²) in [5.41, 5.74) is 6.49. The van der Waals surface area contributed by atoms with Crippen molar-refractivity contribution in [3.8, 4) is 0 Å². The second-order valence-corrected chi connectivity index (χ2v) is 2.83. The normalized spacial score (nSPS) is 12.6. The number of primary amides is 1. The van der Waals surface area contributed by atoms with Crippen molar-refractivity contribution in [3.63, 3.8) is 0 Å². The zero-order valence-corrected chi connectivity index (χ0v) is 7.61. The fraction of sp³-hybridized carbons (Fsp3) is 0.714. The first-order valence-corrected chi connectivity index (χ1v) is 3.85. The average Bonchev–Trinajstić information content (AvgIpc) is 1.98. The molecule has 0 saturated heterocycles. The lowest BCUT2D eigenvalue weighted by atomic mass is 10.2. The van der Waals surface area contributed by atoms with Crippen LogP contribution in [0.4, 0.5) is 0 Å². The number of esters is 1. The largest absolute Gasteiger partial charge is 0.463 e. The highest BCUT2D eigenvalue weighted by atomic mass is 16.5. The molecule has 1 atom stereocenters. The van der Waals surface area contributed by atoms with Crippen LogP contribution in [0.3, 0.4) is 0 Å². The smallest absolute Gasteiger partial charge is 0.308 e. The predicted molar refractivity (Wildman–Crippen MR) is 43.7 cm³/mol. The number of nitrogens with one attached hydrogen (secondary N) is 1. The van der Waals surface area contributed by atoms with Gasteiger partial charge >= 0.3 is 5.97 Å². The summed E-state index contributed by atoms with van der Waals surface area (Å²) < 4.78 is 4.73. The van der Waals surface area contributed by atoms with E-state index < -0.39 is 17.9 Å². The topological polar surface area (TPSA) is 102 Å². The van der Waals surface area contributed by atoms with E-state index in [1.54, 1.807) is 19.3 Å². The number of amides is 1. The number of hydrogen-bond donors (Lipinski definition) is 3. The summed E-state index contributed by atoms with van der Waals surface area (Å²) in [5.74, 6) is -1.39. The highest BCUT2D eigenvalue weighted by Crippen LogP contribution is 1.97. The number of ether oxygens (including phenoxy) is 1. The molecule has 6 heteroatoms. The molecule has 0 aromatic carbocycles. The molecule has 76 valence electrons. The summed E-state index contributed by atoms with van der Waals surface area (Å²) in [5, 5.41) is 8.42. The molecule has 0 heterocycles. The van der Waals surface area contributed by atoms with Gasteiger partial charge in [0.05, 0.1) is 12.5 Å². The Hall–Kier alpha value is -1.14. The number of hydroxylamine groups is 1. The third-order valence-corrected chi connectivity index (χ3v) is 1.24. The van der Waals surface area contributed by atoms with Gasteiger partial charge in [-0.05, 0) is 13.8 Å². The van der Waals surface area contributed by atoms with Gasteiger partial charge in [0, 0.05) is 0 Å². The number of hydrogen-bond acceptors (Lipinski definition) is 5. The molecule has 1 amide bonds. The Kier molecular flexibility index (Phi) is 5.01. The highest BCUT2D eigenvalue weighted by molar-refractivity contribution is 5.85. The molecule has 0 saturated carbocycles. The van der Waals surface area contributed by atoms with Crippen molar-refractivity contribution in [2.75, 3.05) is 0 Å². The Morgan fingerprint density at radius 3 is 2.38 bits per heavy atom. The fourth-order valence-electron chi connectivity index (χ4n) is 0.688. The third kappa shape index (κ3) is 5.15. The van der Waals surface area contributed by atoms with E-state index in [0.29, 0.717) is 0 Å². The minimum atomic E-state index is -1.09. The van der Waals surface area contributed by atoms with Gasteiger partial charge in [0.25, 0.3) is 0 Å². The average molecular weight is 190 g/mol. The molecule has 0 bridgehead atoms. The summed E-state index contributed by atoms with van der Waals surface area (Å²) in [6, 6.07) is -1.09. The van der Waals surface area contributed by atoms with Gasteiger partial charge in [-0.3, -0.25) is 9.59 Å². The lowest BCUT2D eigenvalue weighted by Crippen LogP contribution is -2.41. The maximum absolute atomic E-state index is 10.9. The molecule has 0 aromatic heterocycles. The Morgan fingerprint density at radius 2 is 2.08 bits per heavy atom. The van der Waals surface area contributed by atoms with E-state index in [1.165, 1.54) is 0 Å². The van der Waals surface area contributed by atoms with E-state index in [4.69, 9.17) is 15.7 Å². The van der Waals surface area contributed by atoms with Gasteiger partial charge in [-0.25, -0.2) is 0 Å². The molecule has 13 heavy (non-hydrogen) atoms. The minimum Gasteiger partial charge on any atom is -0.463 e. The van der Waals surface area contributed by atoms with Gasteiger partial charge in [-0.2, -0.15) is 5.48 Å². The second kappa shape index (κ2) is 5.50. The summed E-state index contributed by atoms with van der Waals surface area (Å²) in [7, 11) is 0. The summed E-state index contributed by atoms with van der Waals surface area (Å²) in [4.78, 5) is 21.5. The van der Waals surface area contributed by atoms with Crippen LogP contribution in [0.15, 0.2) is 0 Å². The number of carbonyl (C=O) groups is 2. The van der Waals surface area contributed by atoms with E-state index >= 15 is 0 Å². The number of rotatable bonds is 5. The molecule has 0 aliphatic rings. The molecule has 6 nitrogen and oxygen atoms in total. The first-order valence-electron chi connectivity index (χ1n) is 3.85. The van der Waals surface area contributed by atoms with E-state index in [1.807, 2.05) is 0 Å². The molecule has 0 spiro atoms.